The van der Waals surface area contributed by atoms with Gasteiger partial charge in [-0.2, -0.15) is 0 Å². The highest BCUT2D eigenvalue weighted by Crippen LogP contribution is 2.45. The van der Waals surface area contributed by atoms with Gasteiger partial charge >= 0.3 is 5.97 Å². The number of nitrogens with zero attached hydrogens (tertiary/aromatic N) is 1. The van der Waals surface area contributed by atoms with Crippen LogP contribution in [0.4, 0.5) is 0 Å². The van der Waals surface area contributed by atoms with Crippen LogP contribution in [0, 0.1) is 5.41 Å². The van der Waals surface area contributed by atoms with Gasteiger partial charge in [0.1, 0.15) is 0 Å². The smallest absolute Gasteiger partial charge is 0.304 e. The predicted octanol–water partition coefficient (Wildman–Crippen LogP) is 7.15. The quantitative estimate of drug-likeness (QED) is 0.386. The lowest BCUT2D eigenvalue weighted by atomic mass is 9.74. The van der Waals surface area contributed by atoms with E-state index in [-0.39, 0.29) is 24.4 Å². The summed E-state index contributed by atoms with van der Waals surface area (Å²) in [7, 11) is 0. The molecule has 2 aromatic carbocycles. The molecule has 192 valence electrons. The van der Waals surface area contributed by atoms with Gasteiger partial charge in [0.25, 0.3) is 0 Å². The zero-order chi connectivity index (χ0) is 26.2. The Morgan fingerprint density at radius 1 is 1.11 bits per heavy atom. The number of halogens is 2. The first-order chi connectivity index (χ1) is 16.4. The molecule has 1 aliphatic heterocycles. The van der Waals surface area contributed by atoms with Gasteiger partial charge in [-0.25, -0.2) is 0 Å². The van der Waals surface area contributed by atoms with Crippen LogP contribution in [0.5, 0.6) is 0 Å². The van der Waals surface area contributed by atoms with Gasteiger partial charge < -0.3 is 15.1 Å². The maximum atomic E-state index is 13.5. The number of carboxylic acid groups (broad SMARTS) is 1. The molecule has 0 aromatic heterocycles. The van der Waals surface area contributed by atoms with Gasteiger partial charge in [0.05, 0.1) is 23.5 Å². The molecule has 1 heterocycles. The van der Waals surface area contributed by atoms with Gasteiger partial charge in [-0.15, -0.1) is 0 Å². The van der Waals surface area contributed by atoms with Crippen molar-refractivity contribution in [1.82, 2.24) is 4.90 Å². The minimum absolute atomic E-state index is 0.0620. The fourth-order valence-electron chi connectivity index (χ4n) is 4.56. The van der Waals surface area contributed by atoms with Crippen molar-refractivity contribution in [3.63, 3.8) is 0 Å². The van der Waals surface area contributed by atoms with Crippen molar-refractivity contribution < 1.29 is 19.8 Å². The van der Waals surface area contributed by atoms with Crippen molar-refractivity contribution in [3.05, 3.63) is 70.2 Å². The summed E-state index contributed by atoms with van der Waals surface area (Å²) >= 11 is 11.6. The van der Waals surface area contributed by atoms with Crippen molar-refractivity contribution in [3.8, 4) is 0 Å². The van der Waals surface area contributed by atoms with Crippen LogP contribution in [0.15, 0.2) is 54.6 Å². The van der Waals surface area contributed by atoms with Crippen molar-refractivity contribution in [2.24, 2.45) is 5.41 Å². The molecule has 0 aliphatic carbocycles. The van der Waals surface area contributed by atoms with E-state index in [1.165, 1.54) is 0 Å². The lowest BCUT2D eigenvalue weighted by molar-refractivity contribution is -0.159. The molecule has 0 radical (unpaired) electrons. The molecule has 1 fully saturated rings. The van der Waals surface area contributed by atoms with E-state index < -0.39 is 17.0 Å². The molecule has 2 aromatic rings. The Morgan fingerprint density at radius 3 is 2.14 bits per heavy atom. The fraction of sp³-hybridized carbons (Fsp3) is 0.500. The summed E-state index contributed by atoms with van der Waals surface area (Å²) in [6, 6.07) is 16.8. The first-order valence-corrected chi connectivity index (χ1v) is 12.8. The van der Waals surface area contributed by atoms with Crippen LogP contribution in [0.25, 0.3) is 0 Å². The van der Waals surface area contributed by atoms with Crippen LogP contribution in [0.2, 0.25) is 10.0 Å². The molecule has 0 saturated carbocycles. The maximum absolute atomic E-state index is 13.5. The van der Waals surface area contributed by atoms with E-state index in [1.54, 1.807) is 20.8 Å². The zero-order valence-electron chi connectivity index (χ0n) is 21.0. The molecule has 1 aliphatic rings. The van der Waals surface area contributed by atoms with Gasteiger partial charge in [-0.3, -0.25) is 9.59 Å². The van der Waals surface area contributed by atoms with E-state index in [4.69, 9.17) is 23.2 Å². The van der Waals surface area contributed by atoms with E-state index in [0.29, 0.717) is 30.7 Å². The molecule has 0 bridgehead atoms. The van der Waals surface area contributed by atoms with Gasteiger partial charge in [0.15, 0.2) is 0 Å². The van der Waals surface area contributed by atoms with Crippen LogP contribution in [-0.4, -0.2) is 38.6 Å². The Labute approximate surface area is 219 Å². The van der Waals surface area contributed by atoms with Crippen molar-refractivity contribution in [1.29, 1.82) is 0 Å². The number of rotatable bonds is 8. The van der Waals surface area contributed by atoms with Crippen LogP contribution < -0.4 is 0 Å². The number of likely N-dealkylation sites (tertiary alicyclic amines) is 1. The molecule has 7 heteroatoms. The summed E-state index contributed by atoms with van der Waals surface area (Å²) in [6.45, 7) is 7.33. The van der Waals surface area contributed by atoms with Crippen molar-refractivity contribution in [2.45, 2.75) is 83.9 Å². The second-order valence-corrected chi connectivity index (χ2v) is 11.0. The average Bonchev–Trinajstić information content (AvgIpc) is 2.77. The van der Waals surface area contributed by atoms with Crippen LogP contribution in [0.1, 0.15) is 77.8 Å². The number of aliphatic hydroxyl groups is 1. The van der Waals surface area contributed by atoms with E-state index in [2.05, 4.69) is 0 Å². The third-order valence-electron chi connectivity index (χ3n) is 6.54. The normalized spacial score (nSPS) is 21.2. The molecule has 2 N–H and O–H groups in total. The van der Waals surface area contributed by atoms with Gasteiger partial charge in [0, 0.05) is 16.1 Å². The lowest BCUT2D eigenvalue weighted by Crippen LogP contribution is -2.53. The number of carboxylic acids is 1. The second kappa shape index (κ2) is 12.8. The monoisotopic (exact) mass is 521 g/mol. The molecular formula is C28H37Cl2NO4. The van der Waals surface area contributed by atoms with Crippen molar-refractivity contribution in [2.75, 3.05) is 0 Å². The summed E-state index contributed by atoms with van der Waals surface area (Å²) in [6.07, 6.45) is 3.05. The largest absolute Gasteiger partial charge is 0.481 e. The standard InChI is InChI=1S/C22H32ClNO4.C6H5Cl/c1-5-17(10-12-21(2,3)28)24-18(15-6-8-16(23)9-7-15)11-13-22(4,20(24)27)14-19(25)26;7-6-4-2-1-3-5-6/h6-9,17-18,28H,5,10-14H2,1-4H3,(H,25,26);1-5H/t17?,18-,22?;/m0./s1. The van der Waals surface area contributed by atoms with Crippen molar-refractivity contribution >= 4 is 35.1 Å². The van der Waals surface area contributed by atoms with Gasteiger partial charge in [-0.05, 0) is 75.8 Å². The van der Waals surface area contributed by atoms with Crippen LogP contribution >= 0.6 is 23.2 Å². The molecule has 35 heavy (non-hydrogen) atoms. The minimum atomic E-state index is -0.953. The molecule has 1 saturated heterocycles. The highest BCUT2D eigenvalue weighted by molar-refractivity contribution is 6.30. The summed E-state index contributed by atoms with van der Waals surface area (Å²) in [5.74, 6) is -1.06. The molecule has 3 atom stereocenters. The number of hydrogen-bond donors (Lipinski definition) is 2. The van der Waals surface area contributed by atoms with E-state index in [0.717, 1.165) is 17.0 Å². The molecule has 3 rings (SSSR count). The number of aliphatic carboxylic acids is 1. The van der Waals surface area contributed by atoms with Gasteiger partial charge in [-0.1, -0.05) is 67.4 Å². The maximum Gasteiger partial charge on any atom is 0.304 e. The number of hydrogen-bond acceptors (Lipinski definition) is 3. The van der Waals surface area contributed by atoms with E-state index in [9.17, 15) is 19.8 Å². The topological polar surface area (TPSA) is 77.8 Å². The first kappa shape index (κ1) is 29.2. The molecule has 1 amide bonds. The molecular weight excluding hydrogens is 485 g/mol. The zero-order valence-corrected chi connectivity index (χ0v) is 22.5. The number of piperidine rings is 1. The summed E-state index contributed by atoms with van der Waals surface area (Å²) < 4.78 is 0. The summed E-state index contributed by atoms with van der Waals surface area (Å²) in [4.78, 5) is 26.8. The Balaban J connectivity index is 0.000000527. The Morgan fingerprint density at radius 2 is 1.69 bits per heavy atom. The first-order valence-electron chi connectivity index (χ1n) is 12.1. The highest BCUT2D eigenvalue weighted by atomic mass is 35.5. The van der Waals surface area contributed by atoms with Crippen LogP contribution in [-0.2, 0) is 9.59 Å². The lowest BCUT2D eigenvalue weighted by Gasteiger charge is -2.48. The summed E-state index contributed by atoms with van der Waals surface area (Å²) in [5, 5.41) is 20.9. The number of benzene rings is 2. The number of carbonyl (C=O) groups excluding carboxylic acids is 1. The Hall–Kier alpha value is -2.08. The average molecular weight is 523 g/mol. The third-order valence-corrected chi connectivity index (χ3v) is 7.04. The van der Waals surface area contributed by atoms with E-state index >= 15 is 0 Å². The molecule has 0 spiro atoms. The van der Waals surface area contributed by atoms with E-state index in [1.807, 2.05) is 66.4 Å². The number of carbonyl (C=O) groups is 2. The number of amides is 1. The Bertz CT molecular complexity index is 959. The second-order valence-electron chi connectivity index (χ2n) is 10.2. The molecule has 2 unspecified atom stereocenters. The minimum Gasteiger partial charge on any atom is -0.481 e. The SMILES string of the molecule is CCC(CCC(C)(C)O)N1C(=O)C(C)(CC(=O)O)CC[C@H]1c1ccc(Cl)cc1.Clc1ccccc1. The molecule has 5 nitrogen and oxygen atoms in total. The fourth-order valence-corrected chi connectivity index (χ4v) is 4.83. The third kappa shape index (κ3) is 8.82. The summed E-state index contributed by atoms with van der Waals surface area (Å²) in [5.41, 5.74) is -0.708. The highest BCUT2D eigenvalue weighted by Gasteiger charge is 2.47. The Kier molecular flexibility index (Phi) is 10.6. The predicted molar refractivity (Wildman–Crippen MR) is 142 cm³/mol. The van der Waals surface area contributed by atoms with Gasteiger partial charge in [0.2, 0.25) is 5.91 Å². The van der Waals surface area contributed by atoms with Crippen LogP contribution in [0.3, 0.4) is 0 Å².